The number of hydrogen-bond acceptors (Lipinski definition) is 2. The molecule has 1 unspecified atom stereocenters. The van der Waals surface area contributed by atoms with Crippen LogP contribution in [0, 0.1) is 0 Å². The first-order chi connectivity index (χ1) is 9.15. The normalized spacial score (nSPS) is 11.9. The second-order valence-corrected chi connectivity index (χ2v) is 5.34. The molecule has 3 nitrogen and oxygen atoms in total. The summed E-state index contributed by atoms with van der Waals surface area (Å²) in [7, 11) is 0. The van der Waals surface area contributed by atoms with Crippen LogP contribution in [0.4, 0.5) is 0 Å². The largest absolute Gasteiger partial charge is 0.348 e. The van der Waals surface area contributed by atoms with E-state index in [4.69, 9.17) is 0 Å². The zero-order valence-corrected chi connectivity index (χ0v) is 12.2. The summed E-state index contributed by atoms with van der Waals surface area (Å²) in [4.78, 5) is 16.0. The molecule has 1 atom stereocenters. The quantitative estimate of drug-likeness (QED) is 0.940. The Morgan fingerprint density at radius 2 is 2.00 bits per heavy atom. The van der Waals surface area contributed by atoms with Crippen LogP contribution >= 0.6 is 15.9 Å². The summed E-state index contributed by atoms with van der Waals surface area (Å²) in [5.41, 5.74) is 1.64. The van der Waals surface area contributed by atoms with Crippen molar-refractivity contribution in [3.05, 3.63) is 64.4 Å². The predicted octanol–water partition coefficient (Wildman–Crippen LogP) is 3.21. The third kappa shape index (κ3) is 4.17. The number of aromatic nitrogens is 1. The van der Waals surface area contributed by atoms with E-state index >= 15 is 0 Å². The van der Waals surface area contributed by atoms with E-state index in [0.717, 1.165) is 10.9 Å². The number of carbonyl (C=O) groups is 1. The van der Waals surface area contributed by atoms with Crippen LogP contribution in [-0.4, -0.2) is 16.9 Å². The number of nitrogens with zero attached hydrogens (tertiary/aromatic N) is 1. The van der Waals surface area contributed by atoms with E-state index in [1.807, 2.05) is 31.2 Å². The molecule has 0 aliphatic rings. The number of amides is 1. The Kier molecular flexibility index (Phi) is 4.68. The second-order valence-electron chi connectivity index (χ2n) is 4.43. The highest BCUT2D eigenvalue weighted by Gasteiger charge is 2.11. The smallest absolute Gasteiger partial charge is 0.270 e. The molecule has 4 heteroatoms. The highest BCUT2D eigenvalue weighted by Crippen LogP contribution is 2.08. The van der Waals surface area contributed by atoms with Crippen LogP contribution in [-0.2, 0) is 6.42 Å². The number of nitrogens with one attached hydrogen (secondary N) is 1. The minimum Gasteiger partial charge on any atom is -0.348 e. The lowest BCUT2D eigenvalue weighted by Gasteiger charge is -2.13. The Hall–Kier alpha value is -1.68. The Bertz CT molecular complexity index is 540. The lowest BCUT2D eigenvalue weighted by atomic mass is 10.1. The average Bonchev–Trinajstić information content (AvgIpc) is 2.40. The molecule has 98 valence electrons. The summed E-state index contributed by atoms with van der Waals surface area (Å²) in [6, 6.07) is 13.7. The van der Waals surface area contributed by atoms with Crippen LogP contribution in [0.25, 0.3) is 0 Å². The Morgan fingerprint density at radius 1 is 1.26 bits per heavy atom. The van der Waals surface area contributed by atoms with Gasteiger partial charge in [-0.2, -0.15) is 0 Å². The summed E-state index contributed by atoms with van der Waals surface area (Å²) < 4.78 is 0.862. The highest BCUT2D eigenvalue weighted by atomic mass is 79.9. The van der Waals surface area contributed by atoms with Crippen LogP contribution in [0.15, 0.2) is 53.1 Å². The van der Waals surface area contributed by atoms with Gasteiger partial charge >= 0.3 is 0 Å². The lowest BCUT2D eigenvalue weighted by molar-refractivity contribution is 0.0935. The molecule has 1 aromatic heterocycles. The summed E-state index contributed by atoms with van der Waals surface area (Å²) in [6.45, 7) is 1.99. The van der Waals surface area contributed by atoms with Gasteiger partial charge in [-0.05, 0) is 47.0 Å². The number of rotatable bonds is 4. The molecular formula is C15H15BrN2O. The molecule has 0 aliphatic carbocycles. The Morgan fingerprint density at radius 3 is 2.63 bits per heavy atom. The van der Waals surface area contributed by atoms with Crippen molar-refractivity contribution in [1.82, 2.24) is 10.3 Å². The van der Waals surface area contributed by atoms with Gasteiger partial charge in [0.05, 0.1) is 0 Å². The van der Waals surface area contributed by atoms with Crippen LogP contribution in [0.2, 0.25) is 0 Å². The first-order valence-corrected chi connectivity index (χ1v) is 6.91. The number of benzene rings is 1. The summed E-state index contributed by atoms with van der Waals surface area (Å²) in [5, 5.41) is 2.95. The van der Waals surface area contributed by atoms with Gasteiger partial charge in [-0.3, -0.25) is 4.79 Å². The van der Waals surface area contributed by atoms with Gasteiger partial charge in [0.15, 0.2) is 0 Å². The molecule has 1 amide bonds. The maximum Gasteiger partial charge on any atom is 0.270 e. The van der Waals surface area contributed by atoms with Crippen molar-refractivity contribution in [2.24, 2.45) is 0 Å². The van der Waals surface area contributed by atoms with Gasteiger partial charge in [0.1, 0.15) is 5.69 Å². The van der Waals surface area contributed by atoms with Crippen molar-refractivity contribution in [2.45, 2.75) is 19.4 Å². The fraction of sp³-hybridized carbons (Fsp3) is 0.200. The first kappa shape index (κ1) is 13.7. The van der Waals surface area contributed by atoms with Gasteiger partial charge in [-0.1, -0.05) is 30.3 Å². The standard InChI is InChI=1S/C15H15BrN2O/c1-11(9-12-5-3-2-4-6-12)18-15(19)14-8-7-13(16)10-17-14/h2-8,10-11H,9H2,1H3,(H,18,19). The maximum atomic E-state index is 12.0. The van der Waals surface area contributed by atoms with Crippen molar-refractivity contribution in [2.75, 3.05) is 0 Å². The highest BCUT2D eigenvalue weighted by molar-refractivity contribution is 9.10. The zero-order valence-electron chi connectivity index (χ0n) is 10.6. The molecule has 0 saturated carbocycles. The SMILES string of the molecule is CC(Cc1ccccc1)NC(=O)c1ccc(Br)cn1. The van der Waals surface area contributed by atoms with Gasteiger partial charge < -0.3 is 5.32 Å². The molecule has 0 radical (unpaired) electrons. The van der Waals surface area contributed by atoms with Crippen molar-refractivity contribution >= 4 is 21.8 Å². The van der Waals surface area contributed by atoms with Crippen molar-refractivity contribution in [3.8, 4) is 0 Å². The van der Waals surface area contributed by atoms with E-state index < -0.39 is 0 Å². The first-order valence-electron chi connectivity index (χ1n) is 6.11. The molecule has 2 aromatic rings. The Balaban J connectivity index is 1.93. The van der Waals surface area contributed by atoms with E-state index in [-0.39, 0.29) is 11.9 Å². The van der Waals surface area contributed by atoms with E-state index in [1.54, 1.807) is 12.3 Å². The molecule has 0 spiro atoms. The number of halogens is 1. The van der Waals surface area contributed by atoms with Gasteiger partial charge in [0.2, 0.25) is 0 Å². The molecule has 1 heterocycles. The molecule has 0 saturated heterocycles. The van der Waals surface area contributed by atoms with Gasteiger partial charge in [0.25, 0.3) is 5.91 Å². The van der Waals surface area contributed by atoms with Crippen molar-refractivity contribution < 1.29 is 4.79 Å². The summed E-state index contributed by atoms with van der Waals surface area (Å²) in [6.07, 6.45) is 2.43. The number of pyridine rings is 1. The van der Waals surface area contributed by atoms with Crippen LogP contribution in [0.5, 0.6) is 0 Å². The van der Waals surface area contributed by atoms with E-state index in [1.165, 1.54) is 5.56 Å². The summed E-state index contributed by atoms with van der Waals surface area (Å²) in [5.74, 6) is -0.143. The fourth-order valence-corrected chi connectivity index (χ4v) is 2.06. The third-order valence-corrected chi connectivity index (χ3v) is 3.19. The number of hydrogen-bond donors (Lipinski definition) is 1. The molecular weight excluding hydrogens is 304 g/mol. The molecule has 19 heavy (non-hydrogen) atoms. The molecule has 1 aromatic carbocycles. The zero-order chi connectivity index (χ0) is 13.7. The average molecular weight is 319 g/mol. The molecule has 0 fully saturated rings. The molecule has 1 N–H and O–H groups in total. The van der Waals surface area contributed by atoms with Gasteiger partial charge in [0, 0.05) is 16.7 Å². The summed E-state index contributed by atoms with van der Waals surface area (Å²) >= 11 is 3.30. The van der Waals surface area contributed by atoms with E-state index in [2.05, 4.69) is 38.4 Å². The van der Waals surface area contributed by atoms with E-state index in [0.29, 0.717) is 5.69 Å². The monoisotopic (exact) mass is 318 g/mol. The second kappa shape index (κ2) is 6.48. The molecule has 0 bridgehead atoms. The third-order valence-electron chi connectivity index (χ3n) is 2.72. The minimum absolute atomic E-state index is 0.0698. The van der Waals surface area contributed by atoms with Gasteiger partial charge in [-0.15, -0.1) is 0 Å². The maximum absolute atomic E-state index is 12.0. The molecule has 0 aliphatic heterocycles. The van der Waals surface area contributed by atoms with Crippen molar-refractivity contribution in [3.63, 3.8) is 0 Å². The lowest BCUT2D eigenvalue weighted by Crippen LogP contribution is -2.34. The van der Waals surface area contributed by atoms with Gasteiger partial charge in [-0.25, -0.2) is 4.98 Å². The van der Waals surface area contributed by atoms with Crippen molar-refractivity contribution in [1.29, 1.82) is 0 Å². The Labute approximate surface area is 121 Å². The molecule has 2 rings (SSSR count). The number of carbonyl (C=O) groups excluding carboxylic acids is 1. The van der Waals surface area contributed by atoms with Crippen LogP contribution < -0.4 is 5.32 Å². The fourth-order valence-electron chi connectivity index (χ4n) is 1.83. The minimum atomic E-state index is -0.143. The van der Waals surface area contributed by atoms with Crippen LogP contribution in [0.3, 0.4) is 0 Å². The topological polar surface area (TPSA) is 42.0 Å². The van der Waals surface area contributed by atoms with Crippen LogP contribution in [0.1, 0.15) is 23.0 Å². The predicted molar refractivity (Wildman–Crippen MR) is 79.0 cm³/mol. The van der Waals surface area contributed by atoms with E-state index in [9.17, 15) is 4.79 Å².